The molecular weight excluding hydrogens is 538 g/mol. The number of methoxy groups -OCH3 is 8. The molecule has 0 saturated carbocycles. The first kappa shape index (κ1) is 28.7. The first-order chi connectivity index (χ1) is 20.5. The van der Waals surface area contributed by atoms with Gasteiger partial charge in [0, 0.05) is 23.9 Å². The third-order valence-electron chi connectivity index (χ3n) is 7.60. The SMILES string of the molecule is COc1cc2c(cc1OC)-c1cc3cc(OC)c(OC)c(OC)c3c(/C=C/c3cc(OC)c(OC)c(OC)c3)[n+]1CC2. The van der Waals surface area contributed by atoms with Crippen LogP contribution in [-0.4, -0.2) is 56.9 Å². The predicted molar refractivity (Wildman–Crippen MR) is 161 cm³/mol. The van der Waals surface area contributed by atoms with Crippen LogP contribution in [0.25, 0.3) is 34.2 Å². The number of pyridine rings is 1. The Labute approximate surface area is 245 Å². The number of fused-ring (bicyclic) bond motifs is 4. The average Bonchev–Trinajstić information content (AvgIpc) is 3.03. The van der Waals surface area contributed by atoms with E-state index in [0.29, 0.717) is 46.0 Å². The number of rotatable bonds is 10. The average molecular weight is 575 g/mol. The summed E-state index contributed by atoms with van der Waals surface area (Å²) in [6, 6.07) is 12.0. The maximum atomic E-state index is 5.97. The first-order valence-electron chi connectivity index (χ1n) is 13.4. The van der Waals surface area contributed by atoms with Gasteiger partial charge in [-0.15, -0.1) is 0 Å². The van der Waals surface area contributed by atoms with Gasteiger partial charge in [0.25, 0.3) is 0 Å². The molecule has 1 aromatic heterocycles. The Bertz CT molecular complexity index is 1650. The van der Waals surface area contributed by atoms with E-state index < -0.39 is 0 Å². The molecule has 9 nitrogen and oxygen atoms in total. The fourth-order valence-corrected chi connectivity index (χ4v) is 5.65. The number of ether oxygens (including phenoxy) is 8. The Morgan fingerprint density at radius 2 is 1.12 bits per heavy atom. The molecule has 1 aliphatic rings. The zero-order valence-electron chi connectivity index (χ0n) is 25.2. The van der Waals surface area contributed by atoms with Gasteiger partial charge < -0.3 is 37.9 Å². The van der Waals surface area contributed by atoms with Crippen LogP contribution >= 0.6 is 0 Å². The van der Waals surface area contributed by atoms with Crippen molar-refractivity contribution in [1.29, 1.82) is 0 Å². The third kappa shape index (κ3) is 4.74. The molecule has 0 radical (unpaired) electrons. The topological polar surface area (TPSA) is 77.7 Å². The zero-order valence-corrected chi connectivity index (χ0v) is 25.2. The molecule has 0 saturated heterocycles. The molecule has 0 aliphatic carbocycles. The fraction of sp³-hybridized carbons (Fsp3) is 0.303. The molecule has 0 N–H and O–H groups in total. The van der Waals surface area contributed by atoms with Crippen molar-refractivity contribution >= 4 is 22.9 Å². The molecule has 0 fully saturated rings. The monoisotopic (exact) mass is 574 g/mol. The summed E-state index contributed by atoms with van der Waals surface area (Å²) in [4.78, 5) is 0. The van der Waals surface area contributed by atoms with E-state index in [0.717, 1.165) is 46.3 Å². The molecule has 3 aromatic carbocycles. The van der Waals surface area contributed by atoms with E-state index in [1.807, 2.05) is 30.3 Å². The minimum Gasteiger partial charge on any atom is -0.493 e. The minimum absolute atomic E-state index is 0.526. The summed E-state index contributed by atoms with van der Waals surface area (Å²) in [5, 5.41) is 1.83. The lowest BCUT2D eigenvalue weighted by molar-refractivity contribution is -0.687. The molecule has 0 amide bonds. The van der Waals surface area contributed by atoms with Crippen LogP contribution in [0, 0.1) is 0 Å². The van der Waals surface area contributed by atoms with Crippen LogP contribution in [0.2, 0.25) is 0 Å². The van der Waals surface area contributed by atoms with Gasteiger partial charge in [-0.1, -0.05) is 0 Å². The molecule has 0 spiro atoms. The van der Waals surface area contributed by atoms with Crippen molar-refractivity contribution in [3.63, 3.8) is 0 Å². The van der Waals surface area contributed by atoms with Crippen LogP contribution in [0.5, 0.6) is 46.0 Å². The fourth-order valence-electron chi connectivity index (χ4n) is 5.65. The highest BCUT2D eigenvalue weighted by Crippen LogP contribution is 2.46. The highest BCUT2D eigenvalue weighted by molar-refractivity contribution is 6.00. The Hall–Kier alpha value is -4.79. The lowest BCUT2D eigenvalue weighted by atomic mass is 9.93. The number of aryl methyl sites for hydroxylation is 1. The van der Waals surface area contributed by atoms with E-state index in [-0.39, 0.29) is 0 Å². The number of aromatic nitrogens is 1. The van der Waals surface area contributed by atoms with Crippen molar-refractivity contribution in [3.05, 3.63) is 53.2 Å². The van der Waals surface area contributed by atoms with E-state index in [1.54, 1.807) is 56.9 Å². The Morgan fingerprint density at radius 1 is 0.548 bits per heavy atom. The van der Waals surface area contributed by atoms with Crippen molar-refractivity contribution in [2.75, 3.05) is 56.9 Å². The number of hydrogen-bond acceptors (Lipinski definition) is 8. The van der Waals surface area contributed by atoms with Crippen molar-refractivity contribution in [3.8, 4) is 57.3 Å². The first-order valence-corrected chi connectivity index (χ1v) is 13.4. The Kier molecular flexibility index (Phi) is 8.20. The number of nitrogens with zero attached hydrogens (tertiary/aromatic N) is 1. The third-order valence-corrected chi connectivity index (χ3v) is 7.60. The summed E-state index contributed by atoms with van der Waals surface area (Å²) < 4.78 is 47.7. The lowest BCUT2D eigenvalue weighted by Crippen LogP contribution is -2.43. The molecule has 9 heteroatoms. The smallest absolute Gasteiger partial charge is 0.217 e. The number of hydrogen-bond donors (Lipinski definition) is 0. The highest BCUT2D eigenvalue weighted by atomic mass is 16.5. The second-order valence-electron chi connectivity index (χ2n) is 9.58. The van der Waals surface area contributed by atoms with Crippen LogP contribution < -0.4 is 42.5 Å². The summed E-state index contributed by atoms with van der Waals surface area (Å²) in [6.07, 6.45) is 4.90. The lowest BCUT2D eigenvalue weighted by Gasteiger charge is -2.21. The molecule has 0 atom stereocenters. The van der Waals surface area contributed by atoms with Crippen molar-refractivity contribution in [2.24, 2.45) is 0 Å². The molecular formula is C33H36NO8+. The molecule has 220 valence electrons. The van der Waals surface area contributed by atoms with Gasteiger partial charge in [-0.05, 0) is 47.5 Å². The van der Waals surface area contributed by atoms with Crippen molar-refractivity contribution in [1.82, 2.24) is 0 Å². The minimum atomic E-state index is 0.526. The van der Waals surface area contributed by atoms with Gasteiger partial charge in [-0.3, -0.25) is 0 Å². The summed E-state index contributed by atoms with van der Waals surface area (Å²) in [5.41, 5.74) is 5.09. The number of benzene rings is 3. The van der Waals surface area contributed by atoms with Crippen molar-refractivity contribution < 1.29 is 42.5 Å². The maximum Gasteiger partial charge on any atom is 0.217 e. The molecule has 4 aromatic rings. The van der Waals surface area contributed by atoms with Crippen molar-refractivity contribution in [2.45, 2.75) is 13.0 Å². The standard InChI is InChI=1S/C33H36NO8/c1-35-25-16-20-11-12-34-23(10-9-19-13-27(37-3)31(40-6)28(14-19)38-4)30-21(15-24(34)22(20)18-26(25)36-2)17-29(39-5)32(41-7)33(30)42-8/h9-10,13-18H,11-12H2,1-8H3/q+1/b10-9+. The Morgan fingerprint density at radius 3 is 1.69 bits per heavy atom. The second-order valence-corrected chi connectivity index (χ2v) is 9.58. The van der Waals surface area contributed by atoms with Gasteiger partial charge in [-0.25, -0.2) is 0 Å². The molecule has 42 heavy (non-hydrogen) atoms. The van der Waals surface area contributed by atoms with Crippen LogP contribution in [0.3, 0.4) is 0 Å². The van der Waals surface area contributed by atoms with E-state index >= 15 is 0 Å². The van der Waals surface area contributed by atoms with Gasteiger partial charge in [0.15, 0.2) is 41.0 Å². The normalized spacial score (nSPS) is 12.0. The van der Waals surface area contributed by atoms with E-state index in [9.17, 15) is 0 Å². The van der Waals surface area contributed by atoms with Crippen LogP contribution in [0.15, 0.2) is 36.4 Å². The Balaban J connectivity index is 1.83. The maximum absolute atomic E-state index is 5.97. The molecule has 0 bridgehead atoms. The van der Waals surface area contributed by atoms with Gasteiger partial charge in [-0.2, -0.15) is 4.57 Å². The molecule has 1 aliphatic heterocycles. The van der Waals surface area contributed by atoms with Gasteiger partial charge in [0.05, 0.1) is 67.8 Å². The molecule has 0 unspecified atom stereocenters. The largest absolute Gasteiger partial charge is 0.493 e. The van der Waals surface area contributed by atoms with Crippen LogP contribution in [-0.2, 0) is 13.0 Å². The van der Waals surface area contributed by atoms with Gasteiger partial charge in [0.1, 0.15) is 0 Å². The van der Waals surface area contributed by atoms with Gasteiger partial charge >= 0.3 is 0 Å². The van der Waals surface area contributed by atoms with E-state index in [2.05, 4.69) is 22.8 Å². The predicted octanol–water partition coefficient (Wildman–Crippen LogP) is 5.59. The molecule has 5 rings (SSSR count). The zero-order chi connectivity index (χ0) is 30.0. The van der Waals surface area contributed by atoms with Crippen LogP contribution in [0.4, 0.5) is 0 Å². The molecule has 2 heterocycles. The highest BCUT2D eigenvalue weighted by Gasteiger charge is 2.32. The van der Waals surface area contributed by atoms with Crippen LogP contribution in [0.1, 0.15) is 16.8 Å². The van der Waals surface area contributed by atoms with Gasteiger partial charge in [0.2, 0.25) is 22.9 Å². The summed E-state index contributed by atoms with van der Waals surface area (Å²) in [5.74, 6) is 4.75. The summed E-state index contributed by atoms with van der Waals surface area (Å²) in [7, 11) is 13.0. The summed E-state index contributed by atoms with van der Waals surface area (Å²) in [6.45, 7) is 0.736. The van der Waals surface area contributed by atoms with E-state index in [4.69, 9.17) is 37.9 Å². The summed E-state index contributed by atoms with van der Waals surface area (Å²) >= 11 is 0. The second kappa shape index (κ2) is 12.0. The quantitative estimate of drug-likeness (QED) is 0.227. The van der Waals surface area contributed by atoms with E-state index in [1.165, 1.54) is 5.56 Å².